The summed E-state index contributed by atoms with van der Waals surface area (Å²) >= 11 is 5.85. The summed E-state index contributed by atoms with van der Waals surface area (Å²) in [7, 11) is 0. The summed E-state index contributed by atoms with van der Waals surface area (Å²) < 4.78 is 2.97. The molecule has 0 saturated heterocycles. The second-order valence-corrected chi connectivity index (χ2v) is 6.78. The average molecular weight is 409 g/mol. The Bertz CT molecular complexity index is 1300. The Hall–Kier alpha value is -3.71. The number of nitrogens with zero attached hydrogens (tertiary/aromatic N) is 3. The van der Waals surface area contributed by atoms with Gasteiger partial charge in [0.15, 0.2) is 5.56 Å². The lowest BCUT2D eigenvalue weighted by molar-refractivity contribution is -0.671. The maximum absolute atomic E-state index is 13.1. The van der Waals surface area contributed by atoms with Gasteiger partial charge in [-0.25, -0.2) is 14.6 Å². The Labute approximate surface area is 169 Å². The Kier molecular flexibility index (Phi) is 4.74. The number of halogens is 1. The van der Waals surface area contributed by atoms with Gasteiger partial charge in [0.05, 0.1) is 11.8 Å². The van der Waals surface area contributed by atoms with Crippen LogP contribution in [0.5, 0.6) is 5.88 Å². The van der Waals surface area contributed by atoms with E-state index in [2.05, 4.69) is 4.98 Å². The zero-order valence-electron chi connectivity index (χ0n) is 15.0. The molecule has 0 aliphatic rings. The maximum Gasteiger partial charge on any atom is 0.354 e. The van der Waals surface area contributed by atoms with Gasteiger partial charge in [-0.15, -0.1) is 0 Å². The second-order valence-electron chi connectivity index (χ2n) is 6.39. The van der Waals surface area contributed by atoms with Crippen molar-refractivity contribution in [2.24, 2.45) is 0 Å². The van der Waals surface area contributed by atoms with E-state index in [0.29, 0.717) is 16.4 Å². The molecule has 3 aromatic heterocycles. The second kappa shape index (κ2) is 7.37. The predicted molar refractivity (Wildman–Crippen MR) is 106 cm³/mol. The molecule has 0 radical (unpaired) electrons. The summed E-state index contributed by atoms with van der Waals surface area (Å²) in [4.78, 5) is 28.5. The molecule has 4 aromatic rings. The van der Waals surface area contributed by atoms with Gasteiger partial charge < -0.3 is 10.2 Å². The van der Waals surface area contributed by atoms with Gasteiger partial charge in [0, 0.05) is 17.8 Å². The number of benzene rings is 1. The lowest BCUT2D eigenvalue weighted by Crippen LogP contribution is -2.41. The van der Waals surface area contributed by atoms with Crippen LogP contribution in [0.15, 0.2) is 71.8 Å². The monoisotopic (exact) mass is 408 g/mol. The SMILES string of the molecule is O=C(O)c1cccc(-c2c(O)[n+](Cc3ccc(Cl)nc3)c3ccccn3c2=O)c1. The smallest absolute Gasteiger partial charge is 0.354 e. The van der Waals surface area contributed by atoms with Crippen molar-refractivity contribution in [3.8, 4) is 17.0 Å². The molecule has 0 saturated carbocycles. The summed E-state index contributed by atoms with van der Waals surface area (Å²) in [6.45, 7) is 0.232. The van der Waals surface area contributed by atoms with Crippen LogP contribution in [0, 0.1) is 0 Å². The van der Waals surface area contributed by atoms with Crippen LogP contribution >= 0.6 is 11.6 Å². The zero-order chi connectivity index (χ0) is 20.5. The molecule has 0 amide bonds. The van der Waals surface area contributed by atoms with Crippen molar-refractivity contribution < 1.29 is 19.6 Å². The highest BCUT2D eigenvalue weighted by Crippen LogP contribution is 2.24. The quantitative estimate of drug-likeness (QED) is 0.400. The molecule has 2 N–H and O–H groups in total. The molecule has 0 aliphatic carbocycles. The minimum absolute atomic E-state index is 0.0127. The molecule has 0 aliphatic heterocycles. The number of rotatable bonds is 4. The number of aromatic carboxylic acids is 1. The number of aromatic hydroxyl groups is 1. The highest BCUT2D eigenvalue weighted by atomic mass is 35.5. The van der Waals surface area contributed by atoms with E-state index in [1.54, 1.807) is 53.4 Å². The normalized spacial score (nSPS) is 10.9. The summed E-state index contributed by atoms with van der Waals surface area (Å²) in [6, 6.07) is 14.5. The summed E-state index contributed by atoms with van der Waals surface area (Å²) in [6.07, 6.45) is 3.18. The first-order valence-corrected chi connectivity index (χ1v) is 9.04. The number of hydrogen-bond donors (Lipinski definition) is 2. The van der Waals surface area contributed by atoms with E-state index in [1.807, 2.05) is 0 Å². The van der Waals surface area contributed by atoms with Gasteiger partial charge >= 0.3 is 11.5 Å². The average Bonchev–Trinajstić information content (AvgIpc) is 2.73. The number of carboxylic acid groups (broad SMARTS) is 1. The van der Waals surface area contributed by atoms with Crippen LogP contribution in [-0.4, -0.2) is 25.6 Å². The van der Waals surface area contributed by atoms with E-state index in [9.17, 15) is 19.8 Å². The minimum atomic E-state index is -1.12. The van der Waals surface area contributed by atoms with Gasteiger partial charge in [-0.3, -0.25) is 0 Å². The highest BCUT2D eigenvalue weighted by molar-refractivity contribution is 6.29. The Morgan fingerprint density at radius 1 is 1.14 bits per heavy atom. The molecule has 29 heavy (non-hydrogen) atoms. The van der Waals surface area contributed by atoms with E-state index in [4.69, 9.17) is 11.6 Å². The van der Waals surface area contributed by atoms with Crippen molar-refractivity contribution in [1.29, 1.82) is 0 Å². The number of fused-ring (bicyclic) bond motifs is 1. The summed E-state index contributed by atoms with van der Waals surface area (Å²) in [5, 5.41) is 20.6. The van der Waals surface area contributed by atoms with Crippen LogP contribution in [0.4, 0.5) is 0 Å². The lowest BCUT2D eigenvalue weighted by Gasteiger charge is -2.10. The number of carboxylic acids is 1. The molecular weight excluding hydrogens is 394 g/mol. The zero-order valence-corrected chi connectivity index (χ0v) is 15.7. The van der Waals surface area contributed by atoms with Gasteiger partial charge in [0.2, 0.25) is 0 Å². The van der Waals surface area contributed by atoms with Crippen molar-refractivity contribution in [2.75, 3.05) is 0 Å². The first-order chi connectivity index (χ1) is 14.0. The molecular formula is C21H15ClN3O4+. The molecule has 1 aromatic carbocycles. The summed E-state index contributed by atoms with van der Waals surface area (Å²) in [5.41, 5.74) is 1.14. The third kappa shape index (κ3) is 3.43. The van der Waals surface area contributed by atoms with Crippen molar-refractivity contribution in [3.63, 3.8) is 0 Å². The third-order valence-electron chi connectivity index (χ3n) is 4.55. The van der Waals surface area contributed by atoms with Crippen LogP contribution in [0.2, 0.25) is 5.15 Å². The molecule has 0 spiro atoms. The van der Waals surface area contributed by atoms with Gasteiger partial charge in [0.1, 0.15) is 11.7 Å². The van der Waals surface area contributed by atoms with Crippen molar-refractivity contribution in [2.45, 2.75) is 6.54 Å². The first kappa shape index (κ1) is 18.6. The van der Waals surface area contributed by atoms with Crippen molar-refractivity contribution in [3.05, 3.63) is 93.6 Å². The maximum atomic E-state index is 13.1. The molecule has 0 unspecified atom stereocenters. The molecule has 7 nitrogen and oxygen atoms in total. The van der Waals surface area contributed by atoms with Crippen LogP contribution in [-0.2, 0) is 6.54 Å². The van der Waals surface area contributed by atoms with Crippen molar-refractivity contribution in [1.82, 2.24) is 9.38 Å². The van der Waals surface area contributed by atoms with E-state index in [1.165, 1.54) is 22.6 Å². The van der Waals surface area contributed by atoms with E-state index in [0.717, 1.165) is 5.56 Å². The van der Waals surface area contributed by atoms with Gasteiger partial charge in [0.25, 0.3) is 11.5 Å². The van der Waals surface area contributed by atoms with Crippen LogP contribution < -0.4 is 10.1 Å². The fourth-order valence-corrected chi connectivity index (χ4v) is 3.30. The first-order valence-electron chi connectivity index (χ1n) is 8.66. The molecule has 3 heterocycles. The largest absolute Gasteiger partial charge is 0.478 e. The molecule has 8 heteroatoms. The fraction of sp³-hybridized carbons (Fsp3) is 0.0476. The Morgan fingerprint density at radius 3 is 2.69 bits per heavy atom. The Morgan fingerprint density at radius 2 is 1.97 bits per heavy atom. The molecule has 4 rings (SSSR count). The van der Waals surface area contributed by atoms with Gasteiger partial charge in [-0.05, 0) is 29.8 Å². The Balaban J connectivity index is 1.98. The van der Waals surface area contributed by atoms with Gasteiger partial charge in [-0.1, -0.05) is 35.9 Å². The standard InChI is InChI=1S/C21H14ClN3O4/c22-16-8-7-13(11-23-16)12-25-17-6-1-2-9-24(17)19(26)18(20(25)27)14-4-3-5-15(10-14)21(28)29/h1-11H,12H2,(H-,26,27,28,29)/p+1. The predicted octanol–water partition coefficient (Wildman–Crippen LogP) is 2.75. The van der Waals surface area contributed by atoms with Crippen molar-refractivity contribution >= 4 is 23.2 Å². The fourth-order valence-electron chi connectivity index (χ4n) is 3.18. The van der Waals surface area contributed by atoms with E-state index in [-0.39, 0.29) is 23.6 Å². The summed E-state index contributed by atoms with van der Waals surface area (Å²) in [5.74, 6) is -1.38. The minimum Gasteiger partial charge on any atom is -0.478 e. The number of aromatic nitrogens is 3. The lowest BCUT2D eigenvalue weighted by atomic mass is 10.0. The van der Waals surface area contributed by atoms with Crippen LogP contribution in [0.25, 0.3) is 16.8 Å². The molecule has 0 fully saturated rings. The highest BCUT2D eigenvalue weighted by Gasteiger charge is 2.25. The van der Waals surface area contributed by atoms with E-state index < -0.39 is 11.5 Å². The van der Waals surface area contributed by atoms with Crippen LogP contribution in [0.3, 0.4) is 0 Å². The molecule has 0 bridgehead atoms. The number of carbonyl (C=O) groups is 1. The van der Waals surface area contributed by atoms with Crippen LogP contribution in [0.1, 0.15) is 15.9 Å². The molecule has 144 valence electrons. The molecule has 0 atom stereocenters. The number of pyridine rings is 2. The van der Waals surface area contributed by atoms with Gasteiger partial charge in [-0.2, -0.15) is 8.97 Å². The van der Waals surface area contributed by atoms with E-state index >= 15 is 0 Å². The third-order valence-corrected chi connectivity index (χ3v) is 4.78. The topological polar surface area (TPSA) is 95.8 Å². The number of hydrogen-bond acceptors (Lipinski definition) is 4.